The average molecular weight is 649 g/mol. The summed E-state index contributed by atoms with van der Waals surface area (Å²) in [6.07, 6.45) is -7.02. The molecule has 0 heterocycles. The second-order valence-electron chi connectivity index (χ2n) is 10.0. The molecular weight excluding hydrogens is 626 g/mol. The molecule has 0 fully saturated rings. The molecule has 0 aliphatic rings. The van der Waals surface area contributed by atoms with Crippen LogP contribution in [0.1, 0.15) is 65.1 Å². The first kappa shape index (κ1) is 34.0. The predicted molar refractivity (Wildman–Crippen MR) is 150 cm³/mol. The van der Waals surface area contributed by atoms with E-state index in [4.69, 9.17) is 0 Å². The van der Waals surface area contributed by atoms with Crippen LogP contribution in [-0.2, 0) is 18.7 Å². The van der Waals surface area contributed by atoms with Crippen LogP contribution in [0, 0.1) is 52.8 Å². The number of rotatable bonds is 7. The molecule has 0 atom stereocenters. The quantitative estimate of drug-likeness (QED) is 0.110. The van der Waals surface area contributed by atoms with Gasteiger partial charge in [0.05, 0.1) is 5.56 Å². The number of unbranched alkanes of at least 4 members (excludes halogenated alkanes) is 2. The summed E-state index contributed by atoms with van der Waals surface area (Å²) >= 11 is 0. The molecular formula is C35H22F10O. The predicted octanol–water partition coefficient (Wildman–Crippen LogP) is 10.1. The van der Waals surface area contributed by atoms with Gasteiger partial charge >= 0.3 is 12.3 Å². The molecule has 0 aliphatic heterocycles. The van der Waals surface area contributed by atoms with Crippen LogP contribution in [0.4, 0.5) is 43.9 Å². The molecule has 0 saturated heterocycles. The highest BCUT2D eigenvalue weighted by Gasteiger charge is 2.41. The zero-order valence-electron chi connectivity index (χ0n) is 23.9. The van der Waals surface area contributed by atoms with Crippen molar-refractivity contribution in [3.05, 3.63) is 135 Å². The molecule has 0 unspecified atom stereocenters. The van der Waals surface area contributed by atoms with E-state index in [0.29, 0.717) is 42.2 Å². The minimum Gasteiger partial charge on any atom is -0.429 e. The molecule has 0 bridgehead atoms. The summed E-state index contributed by atoms with van der Waals surface area (Å²) in [7, 11) is 0. The van der Waals surface area contributed by atoms with Crippen molar-refractivity contribution in [2.24, 2.45) is 0 Å². The van der Waals surface area contributed by atoms with Gasteiger partial charge in [-0.05, 0) is 79.1 Å². The van der Waals surface area contributed by atoms with Gasteiger partial charge < -0.3 is 4.74 Å². The van der Waals surface area contributed by atoms with Crippen molar-refractivity contribution in [2.75, 3.05) is 0 Å². The van der Waals surface area contributed by atoms with E-state index in [1.807, 2.05) is 6.92 Å². The van der Waals surface area contributed by atoms with E-state index in [0.717, 1.165) is 37.1 Å². The van der Waals surface area contributed by atoms with Crippen molar-refractivity contribution in [3.8, 4) is 29.4 Å². The van der Waals surface area contributed by atoms with Gasteiger partial charge in [-0.15, -0.1) is 0 Å². The zero-order chi connectivity index (χ0) is 33.6. The van der Waals surface area contributed by atoms with Gasteiger partial charge in [-0.2, -0.15) is 22.0 Å². The minimum absolute atomic E-state index is 0.209. The van der Waals surface area contributed by atoms with Crippen molar-refractivity contribution >= 4 is 0 Å². The third-order valence-corrected chi connectivity index (χ3v) is 6.55. The van der Waals surface area contributed by atoms with Crippen LogP contribution in [-0.4, -0.2) is 0 Å². The van der Waals surface area contributed by atoms with E-state index >= 15 is 0 Å². The van der Waals surface area contributed by atoms with Crippen molar-refractivity contribution in [3.63, 3.8) is 0 Å². The van der Waals surface area contributed by atoms with Crippen LogP contribution in [0.5, 0.6) is 5.75 Å². The number of alkyl halides is 5. The topological polar surface area (TPSA) is 9.23 Å². The van der Waals surface area contributed by atoms with Gasteiger partial charge in [0.25, 0.3) is 0 Å². The largest absolute Gasteiger partial charge is 0.432 e. The summed E-state index contributed by atoms with van der Waals surface area (Å²) in [6.45, 7) is 1.94. The second kappa shape index (κ2) is 14.0. The zero-order valence-corrected chi connectivity index (χ0v) is 23.9. The molecule has 0 aromatic heterocycles. The lowest BCUT2D eigenvalue weighted by atomic mass is 10.0. The van der Waals surface area contributed by atoms with Gasteiger partial charge in [0.1, 0.15) is 46.0 Å². The summed E-state index contributed by atoms with van der Waals surface area (Å²) in [6, 6.07) is 11.0. The Balaban J connectivity index is 1.45. The Morgan fingerprint density at radius 3 is 1.61 bits per heavy atom. The van der Waals surface area contributed by atoms with Gasteiger partial charge in [-0.1, -0.05) is 43.4 Å². The molecule has 0 saturated carbocycles. The maximum Gasteiger partial charge on any atom is 0.432 e. The maximum absolute atomic E-state index is 14.7. The highest BCUT2D eigenvalue weighted by molar-refractivity contribution is 5.49. The van der Waals surface area contributed by atoms with Crippen molar-refractivity contribution < 1.29 is 48.6 Å². The molecule has 0 radical (unpaired) electrons. The van der Waals surface area contributed by atoms with Crippen molar-refractivity contribution in [1.82, 2.24) is 0 Å². The van der Waals surface area contributed by atoms with Gasteiger partial charge in [-0.25, -0.2) is 22.0 Å². The maximum atomic E-state index is 14.7. The van der Waals surface area contributed by atoms with Gasteiger partial charge in [0, 0.05) is 22.8 Å². The molecule has 46 heavy (non-hydrogen) atoms. The SMILES string of the molecule is CCCCCc1cc(F)c(C(F)(F)Oc2ccc(C#Cc3ccc(C#Cc4cc(F)c(C(F)(F)F)c(F)c4)cc3)c(F)c2)c(F)c1. The number of aryl methyl sites for hydroxylation is 1. The molecule has 4 aromatic carbocycles. The second-order valence-corrected chi connectivity index (χ2v) is 10.0. The lowest BCUT2D eigenvalue weighted by molar-refractivity contribution is -0.189. The van der Waals surface area contributed by atoms with E-state index < -0.39 is 58.2 Å². The van der Waals surface area contributed by atoms with Crippen LogP contribution < -0.4 is 4.74 Å². The van der Waals surface area contributed by atoms with Gasteiger partial charge in [0.15, 0.2) is 0 Å². The molecule has 0 aliphatic carbocycles. The summed E-state index contributed by atoms with van der Waals surface area (Å²) in [5.41, 5.74) is -3.24. The van der Waals surface area contributed by atoms with E-state index in [1.54, 1.807) is 0 Å². The first-order valence-electron chi connectivity index (χ1n) is 13.7. The van der Waals surface area contributed by atoms with Crippen molar-refractivity contribution in [2.45, 2.75) is 44.9 Å². The molecule has 0 spiro atoms. The molecule has 11 heteroatoms. The van der Waals surface area contributed by atoms with Gasteiger partial charge in [0.2, 0.25) is 0 Å². The molecule has 0 amide bonds. The third kappa shape index (κ3) is 8.42. The first-order valence-corrected chi connectivity index (χ1v) is 13.7. The van der Waals surface area contributed by atoms with Gasteiger partial charge in [-0.3, -0.25) is 0 Å². The minimum atomic E-state index is -5.20. The Kier molecular flexibility index (Phi) is 10.4. The Labute approximate surface area is 257 Å². The molecule has 0 N–H and O–H groups in total. The van der Waals surface area contributed by atoms with Crippen LogP contribution in [0.25, 0.3) is 0 Å². The molecule has 1 nitrogen and oxygen atoms in total. The molecule has 4 rings (SSSR count). The number of halogens is 10. The van der Waals surface area contributed by atoms with Crippen LogP contribution in [0.15, 0.2) is 66.7 Å². The van der Waals surface area contributed by atoms with E-state index in [1.165, 1.54) is 24.3 Å². The lowest BCUT2D eigenvalue weighted by Crippen LogP contribution is -2.25. The Morgan fingerprint density at radius 1 is 0.565 bits per heavy atom. The number of benzene rings is 4. The van der Waals surface area contributed by atoms with E-state index in [9.17, 15) is 43.9 Å². The number of ether oxygens (including phenoxy) is 1. The standard InChI is InChI=1S/C35H22F10O/c1-2-3-4-5-23-16-30(39)33(31(40)17-23)35(44,45)46-26-15-14-25(27(36)20-26)13-12-22-8-6-21(7-9-22)10-11-24-18-28(37)32(29(38)19-24)34(41,42)43/h6-9,14-20H,2-5H2,1H3. The van der Waals surface area contributed by atoms with Crippen LogP contribution >= 0.6 is 0 Å². The van der Waals surface area contributed by atoms with E-state index in [-0.39, 0.29) is 16.7 Å². The van der Waals surface area contributed by atoms with E-state index in [2.05, 4.69) is 28.4 Å². The summed E-state index contributed by atoms with van der Waals surface area (Å²) < 4.78 is 143. The van der Waals surface area contributed by atoms with Crippen LogP contribution in [0.3, 0.4) is 0 Å². The summed E-state index contributed by atoms with van der Waals surface area (Å²) in [5.74, 6) is 1.73. The Morgan fingerprint density at radius 2 is 1.09 bits per heavy atom. The Bertz CT molecular complexity index is 1810. The summed E-state index contributed by atoms with van der Waals surface area (Å²) in [4.78, 5) is 0. The number of hydrogen-bond acceptors (Lipinski definition) is 1. The highest BCUT2D eigenvalue weighted by Crippen LogP contribution is 2.36. The number of hydrogen-bond donors (Lipinski definition) is 0. The molecule has 238 valence electrons. The average Bonchev–Trinajstić information content (AvgIpc) is 2.94. The highest BCUT2D eigenvalue weighted by atomic mass is 19.4. The molecule has 4 aromatic rings. The lowest BCUT2D eigenvalue weighted by Gasteiger charge is -2.20. The third-order valence-electron chi connectivity index (χ3n) is 6.55. The first-order chi connectivity index (χ1) is 21.7. The Hall–Kier alpha value is -4.90. The fourth-order valence-electron chi connectivity index (χ4n) is 4.32. The fourth-order valence-corrected chi connectivity index (χ4v) is 4.32. The monoisotopic (exact) mass is 648 g/mol. The van der Waals surface area contributed by atoms with Crippen LogP contribution in [0.2, 0.25) is 0 Å². The summed E-state index contributed by atoms with van der Waals surface area (Å²) in [5, 5.41) is 0. The smallest absolute Gasteiger partial charge is 0.429 e. The van der Waals surface area contributed by atoms with Crippen molar-refractivity contribution in [1.29, 1.82) is 0 Å². The normalized spacial score (nSPS) is 11.4. The fraction of sp³-hybridized carbons (Fsp3) is 0.200.